The van der Waals surface area contributed by atoms with Gasteiger partial charge in [0, 0.05) is 31.9 Å². The largest absolute Gasteiger partial charge is 0.391 e. The van der Waals surface area contributed by atoms with E-state index in [0.717, 1.165) is 48.9 Å². The van der Waals surface area contributed by atoms with E-state index in [1.807, 2.05) is 54.3 Å². The second kappa shape index (κ2) is 8.95. The smallest absolute Gasteiger partial charge is 0.322 e. The molecular formula is C26H34N4O3. The minimum absolute atomic E-state index is 0.00511. The summed E-state index contributed by atoms with van der Waals surface area (Å²) in [6.07, 6.45) is 4.13. The van der Waals surface area contributed by atoms with Crippen LogP contribution in [0.1, 0.15) is 32.6 Å². The van der Waals surface area contributed by atoms with Crippen molar-refractivity contribution in [2.45, 2.75) is 44.8 Å². The Morgan fingerprint density at radius 1 is 1.06 bits per heavy atom. The zero-order chi connectivity index (χ0) is 23.0. The summed E-state index contributed by atoms with van der Waals surface area (Å²) >= 11 is 0. The van der Waals surface area contributed by atoms with Crippen LogP contribution in [0, 0.1) is 5.41 Å². The van der Waals surface area contributed by atoms with E-state index in [4.69, 9.17) is 0 Å². The van der Waals surface area contributed by atoms with Crippen LogP contribution in [0.3, 0.4) is 0 Å². The van der Waals surface area contributed by atoms with Crippen LogP contribution in [-0.2, 0) is 4.79 Å². The van der Waals surface area contributed by atoms with Crippen molar-refractivity contribution in [1.82, 2.24) is 14.7 Å². The van der Waals surface area contributed by atoms with Gasteiger partial charge in [-0.25, -0.2) is 4.79 Å². The highest BCUT2D eigenvalue weighted by Crippen LogP contribution is 2.53. The highest BCUT2D eigenvalue weighted by molar-refractivity contribution is 5.96. The van der Waals surface area contributed by atoms with Gasteiger partial charge in [0.2, 0.25) is 5.91 Å². The number of carbonyl (C=O) groups excluding carboxylic acids is 2. The molecule has 1 spiro atoms. The second-order valence-electron chi connectivity index (χ2n) is 9.97. The van der Waals surface area contributed by atoms with Gasteiger partial charge in [-0.2, -0.15) is 0 Å². The Morgan fingerprint density at radius 3 is 2.61 bits per heavy atom. The number of aliphatic hydroxyl groups excluding tert-OH is 1. The predicted octanol–water partition coefficient (Wildman–Crippen LogP) is 3.14. The Kier molecular flexibility index (Phi) is 6.01. The third-order valence-corrected chi connectivity index (χ3v) is 7.87. The number of nitrogens with one attached hydrogen (secondary N) is 1. The number of hydrogen-bond donors (Lipinski definition) is 2. The first kappa shape index (κ1) is 22.2. The van der Waals surface area contributed by atoms with Crippen LogP contribution in [0.25, 0.3) is 10.8 Å². The molecule has 0 radical (unpaired) electrons. The van der Waals surface area contributed by atoms with Crippen molar-refractivity contribution in [3.05, 3.63) is 42.5 Å². The van der Waals surface area contributed by atoms with Crippen molar-refractivity contribution < 1.29 is 14.7 Å². The Balaban J connectivity index is 1.10. The van der Waals surface area contributed by atoms with Gasteiger partial charge in [0.1, 0.15) is 6.04 Å². The Labute approximate surface area is 195 Å². The molecule has 2 aliphatic heterocycles. The molecule has 2 heterocycles. The van der Waals surface area contributed by atoms with E-state index in [2.05, 4.69) is 10.2 Å². The zero-order valence-corrected chi connectivity index (χ0v) is 19.4. The molecule has 3 aliphatic rings. The number of amides is 3. The number of urea groups is 1. The minimum atomic E-state index is -0.481. The van der Waals surface area contributed by atoms with Gasteiger partial charge in [-0.1, -0.05) is 30.3 Å². The minimum Gasteiger partial charge on any atom is -0.391 e. The van der Waals surface area contributed by atoms with Crippen molar-refractivity contribution in [2.75, 3.05) is 44.6 Å². The quantitative estimate of drug-likeness (QED) is 0.734. The molecule has 7 heteroatoms. The summed E-state index contributed by atoms with van der Waals surface area (Å²) in [5.41, 5.74) is 0.962. The lowest BCUT2D eigenvalue weighted by Crippen LogP contribution is -2.58. The molecule has 2 unspecified atom stereocenters. The van der Waals surface area contributed by atoms with Crippen LogP contribution in [0.15, 0.2) is 42.5 Å². The molecule has 2 aromatic carbocycles. The summed E-state index contributed by atoms with van der Waals surface area (Å²) in [4.78, 5) is 31.7. The van der Waals surface area contributed by atoms with Gasteiger partial charge in [-0.3, -0.25) is 4.79 Å². The van der Waals surface area contributed by atoms with E-state index in [-0.39, 0.29) is 23.5 Å². The van der Waals surface area contributed by atoms with Crippen LogP contribution in [0.4, 0.5) is 10.5 Å². The number of hydrogen-bond acceptors (Lipinski definition) is 4. The summed E-state index contributed by atoms with van der Waals surface area (Å²) in [7, 11) is 0. The molecular weight excluding hydrogens is 416 g/mol. The third kappa shape index (κ3) is 4.57. The number of benzene rings is 2. The number of nitrogens with zero attached hydrogens (tertiary/aromatic N) is 3. The van der Waals surface area contributed by atoms with E-state index in [0.29, 0.717) is 19.6 Å². The SMILES string of the molecule is CC1C(=O)N(CCCN2CCC3(CC3)C(O)C2)CCN1C(=O)Nc1ccc2ccccc2c1. The summed E-state index contributed by atoms with van der Waals surface area (Å²) in [6, 6.07) is 13.2. The highest BCUT2D eigenvalue weighted by atomic mass is 16.3. The van der Waals surface area contributed by atoms with Crippen LogP contribution < -0.4 is 5.32 Å². The molecule has 2 aromatic rings. The first-order valence-corrected chi connectivity index (χ1v) is 12.2. The number of aliphatic hydroxyl groups is 1. The Hall–Kier alpha value is -2.64. The van der Waals surface area contributed by atoms with Gasteiger partial charge >= 0.3 is 6.03 Å². The molecule has 0 aromatic heterocycles. The standard InChI is InChI=1S/C26H34N4O3/c1-19-24(32)29(13-4-12-28-14-11-26(9-10-26)23(31)18-28)15-16-30(19)25(33)27-22-8-7-20-5-2-3-6-21(20)17-22/h2-3,5-8,17,19,23,31H,4,9-16,18H2,1H3,(H,27,33). The first-order chi connectivity index (χ1) is 15.9. The van der Waals surface area contributed by atoms with Crippen molar-refractivity contribution in [1.29, 1.82) is 0 Å². The lowest BCUT2D eigenvalue weighted by molar-refractivity contribution is -0.139. The summed E-state index contributed by atoms with van der Waals surface area (Å²) in [5, 5.41) is 15.5. The number of piperazine rings is 1. The highest BCUT2D eigenvalue weighted by Gasteiger charge is 2.51. The summed E-state index contributed by atoms with van der Waals surface area (Å²) in [6.45, 7) is 6.29. The van der Waals surface area contributed by atoms with Crippen molar-refractivity contribution in [2.24, 2.45) is 5.41 Å². The molecule has 3 fully saturated rings. The fourth-order valence-corrected chi connectivity index (χ4v) is 5.40. The third-order valence-electron chi connectivity index (χ3n) is 7.87. The van der Waals surface area contributed by atoms with E-state index in [1.54, 1.807) is 4.90 Å². The maximum atomic E-state index is 12.9. The predicted molar refractivity (Wildman–Crippen MR) is 129 cm³/mol. The van der Waals surface area contributed by atoms with Gasteiger partial charge in [0.15, 0.2) is 0 Å². The van der Waals surface area contributed by atoms with Crippen molar-refractivity contribution >= 4 is 28.4 Å². The van der Waals surface area contributed by atoms with Crippen LogP contribution >= 0.6 is 0 Å². The number of anilines is 1. The number of carbonyl (C=O) groups is 2. The van der Waals surface area contributed by atoms with Crippen LogP contribution in [-0.4, -0.2) is 83.2 Å². The molecule has 176 valence electrons. The van der Waals surface area contributed by atoms with Gasteiger partial charge in [0.25, 0.3) is 0 Å². The number of β-amino-alcohol motifs (C(OH)–C–C–N with tert-alkyl or cyclic N) is 1. The molecule has 2 saturated heterocycles. The topological polar surface area (TPSA) is 76.1 Å². The van der Waals surface area contributed by atoms with E-state index >= 15 is 0 Å². The van der Waals surface area contributed by atoms with Crippen molar-refractivity contribution in [3.8, 4) is 0 Å². The fourth-order valence-electron chi connectivity index (χ4n) is 5.40. The van der Waals surface area contributed by atoms with Gasteiger partial charge in [-0.05, 0) is 74.0 Å². The number of likely N-dealkylation sites (tertiary alicyclic amines) is 1. The number of piperidine rings is 1. The Morgan fingerprint density at radius 2 is 1.85 bits per heavy atom. The average molecular weight is 451 g/mol. The first-order valence-electron chi connectivity index (χ1n) is 12.2. The molecule has 7 nitrogen and oxygen atoms in total. The second-order valence-corrected chi connectivity index (χ2v) is 9.97. The lowest BCUT2D eigenvalue weighted by atomic mass is 9.90. The Bertz CT molecular complexity index is 1040. The van der Waals surface area contributed by atoms with Gasteiger partial charge < -0.3 is 25.1 Å². The van der Waals surface area contributed by atoms with E-state index in [9.17, 15) is 14.7 Å². The lowest BCUT2D eigenvalue weighted by Gasteiger charge is -2.40. The van der Waals surface area contributed by atoms with Crippen LogP contribution in [0.2, 0.25) is 0 Å². The number of rotatable bonds is 5. The monoisotopic (exact) mass is 450 g/mol. The van der Waals surface area contributed by atoms with Crippen LogP contribution in [0.5, 0.6) is 0 Å². The van der Waals surface area contributed by atoms with Gasteiger partial charge in [0.05, 0.1) is 6.10 Å². The van der Waals surface area contributed by atoms with E-state index in [1.165, 1.54) is 12.8 Å². The maximum Gasteiger partial charge on any atom is 0.322 e. The van der Waals surface area contributed by atoms with Crippen molar-refractivity contribution in [3.63, 3.8) is 0 Å². The van der Waals surface area contributed by atoms with E-state index < -0.39 is 6.04 Å². The maximum absolute atomic E-state index is 12.9. The summed E-state index contributed by atoms with van der Waals surface area (Å²) < 4.78 is 0. The zero-order valence-electron chi connectivity index (χ0n) is 19.4. The van der Waals surface area contributed by atoms with Gasteiger partial charge in [-0.15, -0.1) is 0 Å². The molecule has 1 saturated carbocycles. The molecule has 3 amide bonds. The fraction of sp³-hybridized carbons (Fsp3) is 0.538. The molecule has 2 atom stereocenters. The summed E-state index contributed by atoms with van der Waals surface area (Å²) in [5.74, 6) is 0.00511. The number of fused-ring (bicyclic) bond motifs is 1. The molecule has 0 bridgehead atoms. The molecule has 33 heavy (non-hydrogen) atoms. The molecule has 5 rings (SSSR count). The average Bonchev–Trinajstić information content (AvgIpc) is 3.60. The molecule has 1 aliphatic carbocycles. The molecule has 2 N–H and O–H groups in total. The normalized spacial score (nSPS) is 25.0.